The normalized spacial score (nSPS) is 16.8. The van der Waals surface area contributed by atoms with E-state index in [1.807, 2.05) is 36.4 Å². The number of piperazine rings is 1. The van der Waals surface area contributed by atoms with Crippen LogP contribution in [0.1, 0.15) is 12.0 Å². The number of esters is 1. The Hall–Kier alpha value is -3.13. The summed E-state index contributed by atoms with van der Waals surface area (Å²) in [6.45, 7) is 1.46. The van der Waals surface area contributed by atoms with Crippen molar-refractivity contribution < 1.29 is 23.9 Å². The van der Waals surface area contributed by atoms with Crippen LogP contribution in [0.4, 0.5) is 0 Å². The van der Waals surface area contributed by atoms with E-state index in [9.17, 15) is 14.4 Å². The van der Waals surface area contributed by atoms with Crippen LogP contribution in [0.3, 0.4) is 0 Å². The van der Waals surface area contributed by atoms with E-state index < -0.39 is 12.0 Å². The topological polar surface area (TPSA) is 88.2 Å². The van der Waals surface area contributed by atoms with E-state index in [0.717, 1.165) is 22.1 Å². The van der Waals surface area contributed by atoms with Gasteiger partial charge in [0.05, 0.1) is 27.2 Å². The zero-order chi connectivity index (χ0) is 21.7. The number of fused-ring (bicyclic) bond motifs is 1. The number of hydrogen-bond acceptors (Lipinski definition) is 6. The van der Waals surface area contributed by atoms with Crippen molar-refractivity contribution in [2.24, 2.45) is 0 Å². The summed E-state index contributed by atoms with van der Waals surface area (Å²) in [7, 11) is 4.66. The van der Waals surface area contributed by atoms with Gasteiger partial charge in [0, 0.05) is 26.7 Å². The third kappa shape index (κ3) is 5.07. The predicted molar refractivity (Wildman–Crippen MR) is 112 cm³/mol. The minimum atomic E-state index is -0.695. The first-order valence-corrected chi connectivity index (χ1v) is 9.80. The van der Waals surface area contributed by atoms with Crippen molar-refractivity contribution in [3.05, 3.63) is 42.0 Å². The molecule has 1 aliphatic rings. The van der Waals surface area contributed by atoms with Crippen LogP contribution in [0, 0.1) is 0 Å². The van der Waals surface area contributed by atoms with Gasteiger partial charge in [0.25, 0.3) is 0 Å². The van der Waals surface area contributed by atoms with Crippen LogP contribution in [0.25, 0.3) is 10.8 Å². The van der Waals surface area contributed by atoms with Crippen LogP contribution < -0.4 is 10.1 Å². The zero-order valence-corrected chi connectivity index (χ0v) is 17.5. The number of methoxy groups -OCH3 is 2. The van der Waals surface area contributed by atoms with E-state index in [4.69, 9.17) is 4.74 Å². The molecular weight excluding hydrogens is 386 g/mol. The number of nitrogens with zero attached hydrogens (tertiary/aromatic N) is 2. The molecule has 3 rings (SSSR count). The second-order valence-electron chi connectivity index (χ2n) is 7.35. The number of rotatable bonds is 7. The van der Waals surface area contributed by atoms with Crippen LogP contribution in [-0.2, 0) is 25.7 Å². The van der Waals surface area contributed by atoms with E-state index in [1.54, 1.807) is 24.0 Å². The maximum Gasteiger partial charge on any atom is 0.307 e. The monoisotopic (exact) mass is 413 g/mol. The van der Waals surface area contributed by atoms with Crippen LogP contribution in [0.2, 0.25) is 0 Å². The fourth-order valence-electron chi connectivity index (χ4n) is 3.57. The van der Waals surface area contributed by atoms with Gasteiger partial charge in [-0.2, -0.15) is 0 Å². The summed E-state index contributed by atoms with van der Waals surface area (Å²) in [4.78, 5) is 40.0. The number of carbonyl (C=O) groups excluding carboxylic acids is 3. The first-order chi connectivity index (χ1) is 14.4. The van der Waals surface area contributed by atoms with Crippen molar-refractivity contribution in [1.29, 1.82) is 0 Å². The van der Waals surface area contributed by atoms with Gasteiger partial charge in [-0.05, 0) is 34.5 Å². The molecule has 0 aliphatic carbocycles. The van der Waals surface area contributed by atoms with E-state index in [2.05, 4.69) is 10.1 Å². The Kier molecular flexibility index (Phi) is 6.89. The van der Waals surface area contributed by atoms with E-state index in [1.165, 1.54) is 7.11 Å². The molecule has 2 amide bonds. The molecule has 0 radical (unpaired) electrons. The molecule has 2 aromatic rings. The average Bonchev–Trinajstić information content (AvgIpc) is 2.75. The molecule has 0 aromatic heterocycles. The molecule has 1 atom stereocenters. The minimum absolute atomic E-state index is 0.0658. The Balaban J connectivity index is 1.65. The molecule has 30 heavy (non-hydrogen) atoms. The lowest BCUT2D eigenvalue weighted by Crippen LogP contribution is -2.58. The Morgan fingerprint density at radius 1 is 1.17 bits per heavy atom. The van der Waals surface area contributed by atoms with Crippen molar-refractivity contribution in [2.75, 3.05) is 40.9 Å². The molecule has 1 heterocycles. The van der Waals surface area contributed by atoms with Crippen molar-refractivity contribution in [1.82, 2.24) is 15.1 Å². The number of hydrogen-bond donors (Lipinski definition) is 1. The fourth-order valence-corrected chi connectivity index (χ4v) is 3.57. The lowest BCUT2D eigenvalue weighted by atomic mass is 10.1. The Bertz CT molecular complexity index is 946. The molecule has 0 unspecified atom stereocenters. The highest BCUT2D eigenvalue weighted by Crippen LogP contribution is 2.22. The van der Waals surface area contributed by atoms with Crippen LogP contribution in [-0.4, -0.2) is 74.5 Å². The fraction of sp³-hybridized carbons (Fsp3) is 0.409. The van der Waals surface area contributed by atoms with Crippen LogP contribution in [0.5, 0.6) is 5.75 Å². The standard InChI is InChI=1S/C22H27N3O5/c1-24(13-15-4-5-17-11-18(29-2)7-6-16(17)10-15)20(26)14-25-9-8-23-22(28)19(25)12-21(27)30-3/h4-7,10-11,19H,8-9,12-14H2,1-3H3,(H,23,28)/t19-/m1/s1. The average molecular weight is 413 g/mol. The Labute approximate surface area is 175 Å². The summed E-state index contributed by atoms with van der Waals surface area (Å²) in [5.41, 5.74) is 1.01. The second-order valence-corrected chi connectivity index (χ2v) is 7.35. The second kappa shape index (κ2) is 9.58. The lowest BCUT2D eigenvalue weighted by molar-refractivity contribution is -0.147. The molecule has 0 spiro atoms. The molecule has 1 aliphatic heterocycles. The van der Waals surface area contributed by atoms with E-state index in [0.29, 0.717) is 19.6 Å². The smallest absolute Gasteiger partial charge is 0.307 e. The van der Waals surface area contributed by atoms with Gasteiger partial charge >= 0.3 is 5.97 Å². The van der Waals surface area contributed by atoms with Gasteiger partial charge < -0.3 is 19.7 Å². The number of ether oxygens (including phenoxy) is 2. The third-order valence-corrected chi connectivity index (χ3v) is 5.33. The highest BCUT2D eigenvalue weighted by Gasteiger charge is 2.33. The van der Waals surface area contributed by atoms with Gasteiger partial charge in [-0.1, -0.05) is 18.2 Å². The molecule has 0 saturated carbocycles. The molecule has 8 nitrogen and oxygen atoms in total. The van der Waals surface area contributed by atoms with Crippen LogP contribution >= 0.6 is 0 Å². The number of carbonyl (C=O) groups is 3. The first-order valence-electron chi connectivity index (χ1n) is 9.80. The largest absolute Gasteiger partial charge is 0.497 e. The minimum Gasteiger partial charge on any atom is -0.497 e. The first kappa shape index (κ1) is 21.6. The Morgan fingerprint density at radius 2 is 1.90 bits per heavy atom. The Morgan fingerprint density at radius 3 is 2.63 bits per heavy atom. The predicted octanol–water partition coefficient (Wildman–Crippen LogP) is 1.17. The zero-order valence-electron chi connectivity index (χ0n) is 17.5. The third-order valence-electron chi connectivity index (χ3n) is 5.33. The summed E-state index contributed by atoms with van der Waals surface area (Å²) >= 11 is 0. The van der Waals surface area contributed by atoms with Gasteiger partial charge in [-0.3, -0.25) is 19.3 Å². The SMILES string of the molecule is COC(=O)C[C@@H]1C(=O)NCCN1CC(=O)N(C)Cc1ccc2cc(OC)ccc2c1. The molecule has 8 heteroatoms. The highest BCUT2D eigenvalue weighted by atomic mass is 16.5. The van der Waals surface area contributed by atoms with E-state index >= 15 is 0 Å². The number of nitrogens with one attached hydrogen (secondary N) is 1. The van der Waals surface area contributed by atoms with Crippen molar-refractivity contribution in [3.8, 4) is 5.75 Å². The van der Waals surface area contributed by atoms with Gasteiger partial charge in [0.15, 0.2) is 0 Å². The maximum absolute atomic E-state index is 12.8. The molecule has 1 N–H and O–H groups in total. The quantitative estimate of drug-likeness (QED) is 0.686. The molecule has 0 bridgehead atoms. The number of benzene rings is 2. The highest BCUT2D eigenvalue weighted by molar-refractivity contribution is 5.88. The summed E-state index contributed by atoms with van der Waals surface area (Å²) in [5, 5.41) is 4.87. The van der Waals surface area contributed by atoms with Gasteiger partial charge in [0.1, 0.15) is 11.8 Å². The number of likely N-dealkylation sites (N-methyl/N-ethyl adjacent to an activating group) is 1. The van der Waals surface area contributed by atoms with E-state index in [-0.39, 0.29) is 24.8 Å². The summed E-state index contributed by atoms with van der Waals surface area (Å²) in [5.74, 6) is -0.0493. The molecule has 1 saturated heterocycles. The molecule has 1 fully saturated rings. The summed E-state index contributed by atoms with van der Waals surface area (Å²) < 4.78 is 9.94. The summed E-state index contributed by atoms with van der Waals surface area (Å²) in [6.07, 6.45) is -0.0759. The molecule has 2 aromatic carbocycles. The lowest BCUT2D eigenvalue weighted by Gasteiger charge is -2.34. The van der Waals surface area contributed by atoms with Gasteiger partial charge in [-0.15, -0.1) is 0 Å². The van der Waals surface area contributed by atoms with Gasteiger partial charge in [-0.25, -0.2) is 0 Å². The van der Waals surface area contributed by atoms with Crippen molar-refractivity contribution >= 4 is 28.6 Å². The maximum atomic E-state index is 12.8. The summed E-state index contributed by atoms with van der Waals surface area (Å²) in [6, 6.07) is 11.2. The van der Waals surface area contributed by atoms with Crippen molar-refractivity contribution in [3.63, 3.8) is 0 Å². The van der Waals surface area contributed by atoms with Crippen LogP contribution in [0.15, 0.2) is 36.4 Å². The molecular formula is C22H27N3O5. The molecule has 160 valence electrons. The van der Waals surface area contributed by atoms with Gasteiger partial charge in [0.2, 0.25) is 11.8 Å². The van der Waals surface area contributed by atoms with Crippen molar-refractivity contribution in [2.45, 2.75) is 19.0 Å². The number of amides is 2.